The number of fused-ring (bicyclic) bond motifs is 3. The van der Waals surface area contributed by atoms with Gasteiger partial charge in [-0.3, -0.25) is 4.79 Å². The predicted octanol–water partition coefficient (Wildman–Crippen LogP) is 6.58. The van der Waals surface area contributed by atoms with Crippen molar-refractivity contribution in [3.63, 3.8) is 0 Å². The third kappa shape index (κ3) is 5.63. The van der Waals surface area contributed by atoms with Crippen molar-refractivity contribution >= 4 is 34.5 Å². The van der Waals surface area contributed by atoms with E-state index in [0.29, 0.717) is 18.4 Å². The predicted molar refractivity (Wildman–Crippen MR) is 141 cm³/mol. The first kappa shape index (κ1) is 25.9. The molecule has 2 aliphatic rings. The van der Waals surface area contributed by atoms with Gasteiger partial charge in [0.05, 0.1) is 6.04 Å². The van der Waals surface area contributed by atoms with Crippen LogP contribution in [0.25, 0.3) is 10.9 Å². The lowest BCUT2D eigenvalue weighted by atomic mass is 9.80. The second kappa shape index (κ2) is 10.0. The molecule has 0 radical (unpaired) electrons. The monoisotopic (exact) mass is 501 g/mol. The number of H-pyrrole nitrogens is 1. The number of ether oxygens (including phenoxy) is 1. The first-order valence-electron chi connectivity index (χ1n) is 13.0. The second-order valence-corrected chi connectivity index (χ2v) is 12.2. The molecule has 4 rings (SSSR count). The summed E-state index contributed by atoms with van der Waals surface area (Å²) in [7, 11) is 1.80. The van der Waals surface area contributed by atoms with Gasteiger partial charge in [-0.2, -0.15) is 0 Å². The Labute approximate surface area is 214 Å². The largest absolute Gasteiger partial charge is 0.444 e. The Morgan fingerprint density at radius 1 is 1.20 bits per heavy atom. The SMILES string of the molecule is CC(C)C1c2[nH]c3cc(Cl)ccc3c2CCN1C(=O)[C@H]1CC[C@H](CN(C)C(=O)OC(C)(C)C)CC1. The number of benzene rings is 1. The van der Waals surface area contributed by atoms with E-state index in [9.17, 15) is 9.59 Å². The third-order valence-corrected chi connectivity index (χ3v) is 7.72. The maximum Gasteiger partial charge on any atom is 0.410 e. The summed E-state index contributed by atoms with van der Waals surface area (Å²) in [5, 5.41) is 1.94. The van der Waals surface area contributed by atoms with Gasteiger partial charge in [-0.05, 0) is 82.4 Å². The number of hydrogen-bond donors (Lipinski definition) is 1. The van der Waals surface area contributed by atoms with Gasteiger partial charge < -0.3 is 19.5 Å². The minimum absolute atomic E-state index is 0.0495. The Hall–Kier alpha value is -2.21. The molecule has 1 aliphatic carbocycles. The van der Waals surface area contributed by atoms with Crippen LogP contribution < -0.4 is 0 Å². The van der Waals surface area contributed by atoms with Gasteiger partial charge in [0.2, 0.25) is 5.91 Å². The van der Waals surface area contributed by atoms with E-state index in [-0.39, 0.29) is 24.0 Å². The van der Waals surface area contributed by atoms with Crippen molar-refractivity contribution in [2.24, 2.45) is 17.8 Å². The molecule has 1 atom stereocenters. The maximum absolute atomic E-state index is 13.7. The van der Waals surface area contributed by atoms with Gasteiger partial charge in [0.1, 0.15) is 5.60 Å². The smallest absolute Gasteiger partial charge is 0.410 e. The molecule has 1 aliphatic heterocycles. The molecule has 0 spiro atoms. The molecule has 1 aromatic carbocycles. The molecule has 0 saturated heterocycles. The molecule has 35 heavy (non-hydrogen) atoms. The number of aromatic nitrogens is 1. The molecule has 1 saturated carbocycles. The van der Waals surface area contributed by atoms with E-state index in [0.717, 1.165) is 49.2 Å². The zero-order valence-corrected chi connectivity index (χ0v) is 22.7. The van der Waals surface area contributed by atoms with Crippen LogP contribution >= 0.6 is 11.6 Å². The van der Waals surface area contributed by atoms with Crippen molar-refractivity contribution in [3.05, 3.63) is 34.5 Å². The quantitative estimate of drug-likeness (QED) is 0.514. The molecular weight excluding hydrogens is 462 g/mol. The van der Waals surface area contributed by atoms with Gasteiger partial charge in [0.15, 0.2) is 0 Å². The first-order chi connectivity index (χ1) is 16.4. The number of hydrogen-bond acceptors (Lipinski definition) is 3. The number of aromatic amines is 1. The summed E-state index contributed by atoms with van der Waals surface area (Å²) in [5.41, 5.74) is 3.06. The second-order valence-electron chi connectivity index (χ2n) is 11.8. The van der Waals surface area contributed by atoms with Gasteiger partial charge in [0, 0.05) is 47.7 Å². The van der Waals surface area contributed by atoms with Crippen LogP contribution in [-0.2, 0) is 16.0 Å². The van der Waals surface area contributed by atoms with Crippen LogP contribution in [0.3, 0.4) is 0 Å². The number of nitrogens with one attached hydrogen (secondary N) is 1. The van der Waals surface area contributed by atoms with Crippen molar-refractivity contribution in [2.75, 3.05) is 20.1 Å². The van der Waals surface area contributed by atoms with Gasteiger partial charge in [-0.15, -0.1) is 0 Å². The third-order valence-electron chi connectivity index (χ3n) is 7.48. The van der Waals surface area contributed by atoms with E-state index in [4.69, 9.17) is 16.3 Å². The Balaban J connectivity index is 1.41. The van der Waals surface area contributed by atoms with Crippen molar-refractivity contribution in [1.82, 2.24) is 14.8 Å². The van der Waals surface area contributed by atoms with E-state index < -0.39 is 5.60 Å². The molecule has 1 unspecified atom stereocenters. The van der Waals surface area contributed by atoms with E-state index in [1.54, 1.807) is 11.9 Å². The number of carbonyl (C=O) groups excluding carboxylic acids is 2. The van der Waals surface area contributed by atoms with Crippen molar-refractivity contribution in [2.45, 2.75) is 78.4 Å². The Morgan fingerprint density at radius 2 is 1.89 bits per heavy atom. The summed E-state index contributed by atoms with van der Waals surface area (Å²) in [4.78, 5) is 33.5. The number of amides is 2. The van der Waals surface area contributed by atoms with Crippen LogP contribution in [0.2, 0.25) is 5.02 Å². The zero-order valence-electron chi connectivity index (χ0n) is 22.0. The van der Waals surface area contributed by atoms with Crippen LogP contribution in [0.4, 0.5) is 4.79 Å². The van der Waals surface area contributed by atoms with E-state index in [2.05, 4.69) is 29.8 Å². The Bertz CT molecular complexity index is 1080. The summed E-state index contributed by atoms with van der Waals surface area (Å²) in [6.07, 6.45) is 4.26. The number of rotatable bonds is 4. The fraction of sp³-hybridized carbons (Fsp3) is 0.643. The topological polar surface area (TPSA) is 65.6 Å². The van der Waals surface area contributed by atoms with Crippen LogP contribution in [0.1, 0.15) is 77.6 Å². The van der Waals surface area contributed by atoms with E-state index >= 15 is 0 Å². The lowest BCUT2D eigenvalue weighted by Crippen LogP contribution is -2.46. The van der Waals surface area contributed by atoms with Crippen LogP contribution in [-0.4, -0.2) is 52.5 Å². The fourth-order valence-corrected chi connectivity index (χ4v) is 6.04. The highest BCUT2D eigenvalue weighted by Crippen LogP contribution is 2.41. The summed E-state index contributed by atoms with van der Waals surface area (Å²) >= 11 is 6.24. The first-order valence-corrected chi connectivity index (χ1v) is 13.4. The lowest BCUT2D eigenvalue weighted by molar-refractivity contribution is -0.141. The Kier molecular flexibility index (Phi) is 7.42. The highest BCUT2D eigenvalue weighted by atomic mass is 35.5. The minimum atomic E-state index is -0.492. The lowest BCUT2D eigenvalue weighted by Gasteiger charge is -2.41. The van der Waals surface area contributed by atoms with Crippen LogP contribution in [0.5, 0.6) is 0 Å². The average molecular weight is 502 g/mol. The molecule has 1 N–H and O–H groups in total. The summed E-state index contributed by atoms with van der Waals surface area (Å²) < 4.78 is 5.49. The molecule has 7 heteroatoms. The molecular formula is C28H40ClN3O3. The molecule has 2 aromatic rings. The van der Waals surface area contributed by atoms with E-state index in [1.165, 1.54) is 16.6 Å². The van der Waals surface area contributed by atoms with Crippen molar-refractivity contribution in [1.29, 1.82) is 0 Å². The maximum atomic E-state index is 13.7. The number of nitrogens with zero attached hydrogens (tertiary/aromatic N) is 2. The van der Waals surface area contributed by atoms with Crippen LogP contribution in [0, 0.1) is 17.8 Å². The van der Waals surface area contributed by atoms with Crippen LogP contribution in [0.15, 0.2) is 18.2 Å². The zero-order chi connectivity index (χ0) is 25.5. The van der Waals surface area contributed by atoms with Gasteiger partial charge >= 0.3 is 6.09 Å². The summed E-state index contributed by atoms with van der Waals surface area (Å²) in [6.45, 7) is 11.5. The minimum Gasteiger partial charge on any atom is -0.444 e. The standard InChI is InChI=1S/C28H40ClN3O3/c1-17(2)25-24-22(21-12-11-20(29)15-23(21)30-24)13-14-32(25)26(33)19-9-7-18(8-10-19)16-31(6)27(34)35-28(3,4)5/h11-12,15,17-19,25,30H,7-10,13-14,16H2,1-6H3/t18-,19-,25?. The summed E-state index contributed by atoms with van der Waals surface area (Å²) in [6, 6.07) is 6.07. The molecule has 6 nitrogen and oxygen atoms in total. The average Bonchev–Trinajstić information content (AvgIpc) is 3.14. The van der Waals surface area contributed by atoms with Crippen molar-refractivity contribution < 1.29 is 14.3 Å². The molecule has 192 valence electrons. The van der Waals surface area contributed by atoms with Gasteiger partial charge in [-0.1, -0.05) is 31.5 Å². The van der Waals surface area contributed by atoms with E-state index in [1.807, 2.05) is 32.9 Å². The highest BCUT2D eigenvalue weighted by molar-refractivity contribution is 6.31. The number of carbonyl (C=O) groups is 2. The normalized spacial score (nSPS) is 22.9. The summed E-state index contributed by atoms with van der Waals surface area (Å²) in [5.74, 6) is 1.05. The molecule has 2 amide bonds. The molecule has 1 aromatic heterocycles. The molecule has 2 heterocycles. The van der Waals surface area contributed by atoms with Crippen molar-refractivity contribution in [3.8, 4) is 0 Å². The van der Waals surface area contributed by atoms with Gasteiger partial charge in [-0.25, -0.2) is 4.79 Å². The van der Waals surface area contributed by atoms with Gasteiger partial charge in [0.25, 0.3) is 0 Å². The molecule has 1 fully saturated rings. The molecule has 0 bridgehead atoms. The number of halogens is 1. The highest BCUT2D eigenvalue weighted by Gasteiger charge is 2.39. The fourth-order valence-electron chi connectivity index (χ4n) is 5.87. The Morgan fingerprint density at radius 3 is 2.51 bits per heavy atom.